The van der Waals surface area contributed by atoms with E-state index >= 15 is 0 Å². The van der Waals surface area contributed by atoms with Gasteiger partial charge in [-0.05, 0) is 17.7 Å². The van der Waals surface area contributed by atoms with Gasteiger partial charge in [-0.2, -0.15) is 0 Å². The molecule has 1 heterocycles. The van der Waals surface area contributed by atoms with Gasteiger partial charge >= 0.3 is 0 Å². The molecule has 0 saturated heterocycles. The third kappa shape index (κ3) is 2.36. The second-order valence-corrected chi connectivity index (χ2v) is 4.11. The van der Waals surface area contributed by atoms with Gasteiger partial charge in [0.1, 0.15) is 0 Å². The molecule has 0 N–H and O–H groups in total. The third-order valence-corrected chi connectivity index (χ3v) is 2.97. The van der Waals surface area contributed by atoms with Crippen LogP contribution < -0.4 is 5.56 Å². The average Bonchev–Trinajstić information content (AvgIpc) is 2.24. The standard InChI is InChI=1S/C12H10BrNO/c13-11-6-2-1-5-10(11)9-14-8-4-3-7-12(14)15/h1-8H,9H2. The predicted octanol–water partition coefficient (Wildman–Crippen LogP) is 2.66. The third-order valence-electron chi connectivity index (χ3n) is 2.20. The van der Waals surface area contributed by atoms with Crippen molar-refractivity contribution in [2.45, 2.75) is 6.54 Å². The van der Waals surface area contributed by atoms with Crippen molar-refractivity contribution in [3.05, 3.63) is 69.1 Å². The van der Waals surface area contributed by atoms with Gasteiger partial charge in [-0.25, -0.2) is 0 Å². The van der Waals surface area contributed by atoms with Crippen molar-refractivity contribution in [1.82, 2.24) is 4.57 Å². The van der Waals surface area contributed by atoms with Crippen molar-refractivity contribution >= 4 is 15.9 Å². The highest BCUT2D eigenvalue weighted by Gasteiger charge is 2.00. The molecule has 0 unspecified atom stereocenters. The highest BCUT2D eigenvalue weighted by atomic mass is 79.9. The summed E-state index contributed by atoms with van der Waals surface area (Å²) in [4.78, 5) is 11.5. The van der Waals surface area contributed by atoms with E-state index in [1.165, 1.54) is 0 Å². The monoisotopic (exact) mass is 263 g/mol. The molecule has 76 valence electrons. The summed E-state index contributed by atoms with van der Waals surface area (Å²) < 4.78 is 2.71. The number of pyridine rings is 1. The van der Waals surface area contributed by atoms with E-state index in [1.807, 2.05) is 30.3 Å². The number of aromatic nitrogens is 1. The van der Waals surface area contributed by atoms with Crippen LogP contribution in [0.1, 0.15) is 5.56 Å². The Balaban J connectivity index is 2.34. The molecule has 0 bridgehead atoms. The molecule has 0 aliphatic rings. The highest BCUT2D eigenvalue weighted by molar-refractivity contribution is 9.10. The minimum absolute atomic E-state index is 0.0215. The lowest BCUT2D eigenvalue weighted by Gasteiger charge is -2.06. The minimum atomic E-state index is 0.0215. The average molecular weight is 264 g/mol. The summed E-state index contributed by atoms with van der Waals surface area (Å²) in [6.07, 6.45) is 1.79. The lowest BCUT2D eigenvalue weighted by molar-refractivity contribution is 0.757. The van der Waals surface area contributed by atoms with Crippen LogP contribution in [0.5, 0.6) is 0 Å². The maximum absolute atomic E-state index is 11.5. The van der Waals surface area contributed by atoms with Crippen molar-refractivity contribution in [1.29, 1.82) is 0 Å². The zero-order valence-corrected chi connectivity index (χ0v) is 9.65. The summed E-state index contributed by atoms with van der Waals surface area (Å²) in [5.41, 5.74) is 1.12. The molecular weight excluding hydrogens is 254 g/mol. The lowest BCUT2D eigenvalue weighted by atomic mass is 10.2. The second-order valence-electron chi connectivity index (χ2n) is 3.26. The van der Waals surface area contributed by atoms with Gasteiger partial charge in [0.15, 0.2) is 0 Å². The summed E-state index contributed by atoms with van der Waals surface area (Å²) >= 11 is 3.46. The topological polar surface area (TPSA) is 22.0 Å². The molecule has 0 radical (unpaired) electrons. The van der Waals surface area contributed by atoms with Gasteiger partial charge in [0.05, 0.1) is 6.54 Å². The van der Waals surface area contributed by atoms with Gasteiger partial charge in [0, 0.05) is 16.7 Å². The Hall–Kier alpha value is -1.35. The van der Waals surface area contributed by atoms with Crippen molar-refractivity contribution in [3.8, 4) is 0 Å². The number of halogens is 1. The summed E-state index contributed by atoms with van der Waals surface area (Å²) in [6.45, 7) is 0.598. The van der Waals surface area contributed by atoms with Crippen LogP contribution in [0.2, 0.25) is 0 Å². The first-order valence-corrected chi connectivity index (χ1v) is 5.45. The van der Waals surface area contributed by atoms with Gasteiger partial charge in [-0.15, -0.1) is 0 Å². The molecule has 0 amide bonds. The maximum Gasteiger partial charge on any atom is 0.250 e. The molecule has 2 aromatic rings. The summed E-state index contributed by atoms with van der Waals surface area (Å²) in [6, 6.07) is 13.1. The lowest BCUT2D eigenvalue weighted by Crippen LogP contribution is -2.18. The van der Waals surface area contributed by atoms with Crippen LogP contribution >= 0.6 is 15.9 Å². The van der Waals surface area contributed by atoms with E-state index in [1.54, 1.807) is 22.9 Å². The Morgan fingerprint density at radius 2 is 1.80 bits per heavy atom. The molecular formula is C12H10BrNO. The second kappa shape index (κ2) is 4.45. The Morgan fingerprint density at radius 1 is 1.07 bits per heavy atom. The number of benzene rings is 1. The fourth-order valence-corrected chi connectivity index (χ4v) is 1.81. The smallest absolute Gasteiger partial charge is 0.250 e. The van der Waals surface area contributed by atoms with Gasteiger partial charge < -0.3 is 4.57 Å². The van der Waals surface area contributed by atoms with E-state index in [9.17, 15) is 4.79 Å². The molecule has 0 spiro atoms. The normalized spacial score (nSPS) is 10.2. The highest BCUT2D eigenvalue weighted by Crippen LogP contribution is 2.16. The first-order valence-electron chi connectivity index (χ1n) is 4.66. The Kier molecular flexibility index (Phi) is 3.02. The van der Waals surface area contributed by atoms with E-state index in [0.29, 0.717) is 6.54 Å². The van der Waals surface area contributed by atoms with Crippen molar-refractivity contribution in [2.24, 2.45) is 0 Å². The zero-order valence-electron chi connectivity index (χ0n) is 8.06. The van der Waals surface area contributed by atoms with Gasteiger partial charge in [-0.3, -0.25) is 4.79 Å². The summed E-state index contributed by atoms with van der Waals surface area (Å²) in [7, 11) is 0. The molecule has 1 aromatic carbocycles. The van der Waals surface area contributed by atoms with Crippen LogP contribution in [0, 0.1) is 0 Å². The maximum atomic E-state index is 11.5. The number of hydrogen-bond donors (Lipinski definition) is 0. The molecule has 2 nitrogen and oxygen atoms in total. The zero-order chi connectivity index (χ0) is 10.7. The molecule has 2 rings (SSSR count). The molecule has 0 saturated carbocycles. The van der Waals surface area contributed by atoms with E-state index in [2.05, 4.69) is 15.9 Å². The van der Waals surface area contributed by atoms with Gasteiger partial charge in [0.25, 0.3) is 5.56 Å². The number of hydrogen-bond acceptors (Lipinski definition) is 1. The van der Waals surface area contributed by atoms with Crippen molar-refractivity contribution < 1.29 is 0 Å². The molecule has 1 aromatic heterocycles. The van der Waals surface area contributed by atoms with Crippen molar-refractivity contribution in [3.63, 3.8) is 0 Å². The minimum Gasteiger partial charge on any atom is -0.311 e. The first kappa shape index (κ1) is 10.2. The van der Waals surface area contributed by atoms with E-state index in [4.69, 9.17) is 0 Å². The number of nitrogens with zero attached hydrogens (tertiary/aromatic N) is 1. The summed E-state index contributed by atoms with van der Waals surface area (Å²) in [5, 5.41) is 0. The van der Waals surface area contributed by atoms with E-state index in [-0.39, 0.29) is 5.56 Å². The van der Waals surface area contributed by atoms with Gasteiger partial charge in [-0.1, -0.05) is 40.2 Å². The van der Waals surface area contributed by atoms with Crippen LogP contribution in [0.4, 0.5) is 0 Å². The molecule has 0 atom stereocenters. The molecule has 3 heteroatoms. The fraction of sp³-hybridized carbons (Fsp3) is 0.0833. The summed E-state index contributed by atoms with van der Waals surface area (Å²) in [5.74, 6) is 0. The van der Waals surface area contributed by atoms with Gasteiger partial charge in [0.2, 0.25) is 0 Å². The van der Waals surface area contributed by atoms with Crippen LogP contribution in [0.15, 0.2) is 57.9 Å². The fourth-order valence-electron chi connectivity index (χ4n) is 1.40. The Labute approximate surface area is 96.3 Å². The molecule has 0 fully saturated rings. The molecule has 0 aliphatic carbocycles. The Morgan fingerprint density at radius 3 is 2.53 bits per heavy atom. The van der Waals surface area contributed by atoms with E-state index in [0.717, 1.165) is 10.0 Å². The molecule has 0 aliphatic heterocycles. The number of rotatable bonds is 2. The Bertz CT molecular complexity index is 519. The van der Waals surface area contributed by atoms with Crippen LogP contribution in [-0.4, -0.2) is 4.57 Å². The molecule has 15 heavy (non-hydrogen) atoms. The predicted molar refractivity (Wildman–Crippen MR) is 63.9 cm³/mol. The van der Waals surface area contributed by atoms with Crippen molar-refractivity contribution in [2.75, 3.05) is 0 Å². The van der Waals surface area contributed by atoms with E-state index < -0.39 is 0 Å². The van der Waals surface area contributed by atoms with Crippen LogP contribution in [0.3, 0.4) is 0 Å². The van der Waals surface area contributed by atoms with Crippen LogP contribution in [-0.2, 0) is 6.54 Å². The first-order chi connectivity index (χ1) is 7.27. The quantitative estimate of drug-likeness (QED) is 0.817. The largest absolute Gasteiger partial charge is 0.311 e. The SMILES string of the molecule is O=c1ccccn1Cc1ccccc1Br. The van der Waals surface area contributed by atoms with Crippen LogP contribution in [0.25, 0.3) is 0 Å².